The first kappa shape index (κ1) is 15.1. The van der Waals surface area contributed by atoms with Gasteiger partial charge in [-0.1, -0.05) is 45.7 Å². The van der Waals surface area contributed by atoms with Crippen LogP contribution < -0.4 is 0 Å². The summed E-state index contributed by atoms with van der Waals surface area (Å²) in [6, 6.07) is 0. The van der Waals surface area contributed by atoms with E-state index in [1.807, 2.05) is 39.4 Å². The molecule has 0 amide bonds. The van der Waals surface area contributed by atoms with Crippen LogP contribution in [0.15, 0.2) is 0 Å². The van der Waals surface area contributed by atoms with E-state index in [2.05, 4.69) is 10.3 Å². The van der Waals surface area contributed by atoms with Crippen molar-refractivity contribution in [1.29, 1.82) is 0 Å². The summed E-state index contributed by atoms with van der Waals surface area (Å²) in [7, 11) is 1.99. The highest BCUT2D eigenvalue weighted by molar-refractivity contribution is 5.10. The molecule has 1 aromatic heterocycles. The van der Waals surface area contributed by atoms with Crippen molar-refractivity contribution in [2.24, 2.45) is 7.05 Å². The van der Waals surface area contributed by atoms with Crippen LogP contribution in [0.4, 0.5) is 0 Å². The third-order valence-corrected chi connectivity index (χ3v) is 2.60. The van der Waals surface area contributed by atoms with Crippen LogP contribution in [-0.2, 0) is 19.9 Å². The highest BCUT2D eigenvalue weighted by Gasteiger charge is 2.11. The minimum absolute atomic E-state index is 1.13. The number of fused-ring (bicyclic) bond motifs is 1. The van der Waals surface area contributed by atoms with Crippen LogP contribution in [-0.4, -0.2) is 15.0 Å². The van der Waals surface area contributed by atoms with E-state index in [0.29, 0.717) is 0 Å². The molecule has 0 saturated heterocycles. The van der Waals surface area contributed by atoms with Crippen LogP contribution in [0.5, 0.6) is 0 Å². The second-order valence-corrected chi connectivity index (χ2v) is 3.52. The molecule has 3 nitrogen and oxygen atoms in total. The fourth-order valence-electron chi connectivity index (χ4n) is 1.86. The Morgan fingerprint density at radius 3 is 2.06 bits per heavy atom. The van der Waals surface area contributed by atoms with Crippen molar-refractivity contribution in [3.05, 3.63) is 11.4 Å². The molecule has 3 heteroatoms. The van der Waals surface area contributed by atoms with Gasteiger partial charge in [-0.15, -0.1) is 5.10 Å². The van der Waals surface area contributed by atoms with Gasteiger partial charge in [-0.05, 0) is 25.7 Å². The molecule has 1 aliphatic carbocycles. The van der Waals surface area contributed by atoms with Crippen molar-refractivity contribution in [1.82, 2.24) is 15.0 Å². The Hall–Kier alpha value is -0.860. The van der Waals surface area contributed by atoms with Crippen LogP contribution in [0, 0.1) is 0 Å². The number of hydrogen-bond acceptors (Lipinski definition) is 2. The summed E-state index contributed by atoms with van der Waals surface area (Å²) < 4.78 is 1.93. The maximum atomic E-state index is 4.17. The summed E-state index contributed by atoms with van der Waals surface area (Å²) in [6.07, 6.45) is 7.60. The average molecular weight is 225 g/mol. The third kappa shape index (κ3) is 4.33. The van der Waals surface area contributed by atoms with Crippen molar-refractivity contribution < 1.29 is 0 Å². The zero-order chi connectivity index (χ0) is 12.4. The number of aryl methyl sites for hydroxylation is 2. The molecule has 0 aliphatic heterocycles. The summed E-state index contributed by atoms with van der Waals surface area (Å²) in [4.78, 5) is 0. The van der Waals surface area contributed by atoms with Crippen LogP contribution in [0.2, 0.25) is 0 Å². The number of nitrogens with zero attached hydrogens (tertiary/aromatic N) is 3. The smallest absolute Gasteiger partial charge is 0.0859 e. The fraction of sp³-hybridized carbons (Fsp3) is 0.846. The molecular weight excluding hydrogens is 198 g/mol. The molecule has 0 spiro atoms. The molecular formula is C13H27N3. The SMILES string of the molecule is CC.CC.Cn1nnc2c1CCCCCC2. The minimum atomic E-state index is 1.13. The first-order valence-electron chi connectivity index (χ1n) is 6.75. The zero-order valence-corrected chi connectivity index (χ0v) is 11.6. The summed E-state index contributed by atoms with van der Waals surface area (Å²) in [5.74, 6) is 0. The highest BCUT2D eigenvalue weighted by atomic mass is 15.4. The van der Waals surface area contributed by atoms with Gasteiger partial charge >= 0.3 is 0 Å². The molecule has 1 aromatic rings. The number of aromatic nitrogens is 3. The second kappa shape index (κ2) is 9.37. The summed E-state index contributed by atoms with van der Waals surface area (Å²) >= 11 is 0. The molecule has 1 aliphatic rings. The normalized spacial score (nSPS) is 14.3. The summed E-state index contributed by atoms with van der Waals surface area (Å²) in [5, 5.41) is 8.22. The molecule has 0 bridgehead atoms. The van der Waals surface area contributed by atoms with Crippen molar-refractivity contribution in [3.63, 3.8) is 0 Å². The van der Waals surface area contributed by atoms with Gasteiger partial charge in [0, 0.05) is 7.05 Å². The lowest BCUT2D eigenvalue weighted by Crippen LogP contribution is -2.03. The molecule has 0 aromatic carbocycles. The lowest BCUT2D eigenvalue weighted by molar-refractivity contribution is 0.591. The Balaban J connectivity index is 0.000000509. The van der Waals surface area contributed by atoms with Gasteiger partial charge in [-0.3, -0.25) is 4.68 Å². The molecule has 16 heavy (non-hydrogen) atoms. The maximum Gasteiger partial charge on any atom is 0.0859 e. The summed E-state index contributed by atoms with van der Waals surface area (Å²) in [5.41, 5.74) is 2.59. The van der Waals surface area contributed by atoms with Crippen molar-refractivity contribution in [2.75, 3.05) is 0 Å². The van der Waals surface area contributed by atoms with E-state index in [-0.39, 0.29) is 0 Å². The lowest BCUT2D eigenvalue weighted by atomic mass is 10.0. The van der Waals surface area contributed by atoms with Gasteiger partial charge in [0.1, 0.15) is 0 Å². The van der Waals surface area contributed by atoms with E-state index in [4.69, 9.17) is 0 Å². The third-order valence-electron chi connectivity index (χ3n) is 2.60. The number of hydrogen-bond donors (Lipinski definition) is 0. The Kier molecular flexibility index (Phi) is 8.87. The molecule has 94 valence electrons. The first-order valence-corrected chi connectivity index (χ1v) is 6.75. The van der Waals surface area contributed by atoms with Gasteiger partial charge in [0.25, 0.3) is 0 Å². The van der Waals surface area contributed by atoms with Gasteiger partial charge < -0.3 is 0 Å². The van der Waals surface area contributed by atoms with E-state index in [0.717, 1.165) is 6.42 Å². The minimum Gasteiger partial charge on any atom is -0.252 e. The molecule has 0 N–H and O–H groups in total. The predicted molar refractivity (Wildman–Crippen MR) is 69.6 cm³/mol. The largest absolute Gasteiger partial charge is 0.252 e. The standard InChI is InChI=1S/C9H15N3.2C2H6/c1-12-9-7-5-3-2-4-6-8(9)10-11-12;2*1-2/h2-7H2,1H3;2*1-2H3. The molecule has 0 saturated carbocycles. The second-order valence-electron chi connectivity index (χ2n) is 3.52. The molecule has 0 fully saturated rings. The van der Waals surface area contributed by atoms with E-state index >= 15 is 0 Å². The Morgan fingerprint density at radius 2 is 1.44 bits per heavy atom. The molecule has 0 radical (unpaired) electrons. The van der Waals surface area contributed by atoms with E-state index < -0.39 is 0 Å². The topological polar surface area (TPSA) is 30.7 Å². The Bertz CT molecular complexity index is 266. The van der Waals surface area contributed by atoms with Crippen LogP contribution >= 0.6 is 0 Å². The highest BCUT2D eigenvalue weighted by Crippen LogP contribution is 2.16. The van der Waals surface area contributed by atoms with Crippen LogP contribution in [0.3, 0.4) is 0 Å². The van der Waals surface area contributed by atoms with Crippen LogP contribution in [0.25, 0.3) is 0 Å². The Morgan fingerprint density at radius 1 is 0.875 bits per heavy atom. The molecule has 0 unspecified atom stereocenters. The van der Waals surface area contributed by atoms with Gasteiger partial charge in [0.2, 0.25) is 0 Å². The van der Waals surface area contributed by atoms with Gasteiger partial charge in [-0.25, -0.2) is 0 Å². The van der Waals surface area contributed by atoms with Crippen molar-refractivity contribution in [2.45, 2.75) is 66.2 Å². The van der Waals surface area contributed by atoms with Crippen LogP contribution in [0.1, 0.15) is 64.8 Å². The Labute approximate surface area is 100 Å². The first-order chi connectivity index (χ1) is 7.88. The van der Waals surface area contributed by atoms with Gasteiger partial charge in [-0.2, -0.15) is 0 Å². The van der Waals surface area contributed by atoms with E-state index in [9.17, 15) is 0 Å². The van der Waals surface area contributed by atoms with E-state index in [1.165, 1.54) is 43.5 Å². The molecule has 0 atom stereocenters. The fourth-order valence-corrected chi connectivity index (χ4v) is 1.86. The lowest BCUT2D eigenvalue weighted by Gasteiger charge is -2.08. The zero-order valence-electron chi connectivity index (χ0n) is 11.6. The van der Waals surface area contributed by atoms with Gasteiger partial charge in [0.15, 0.2) is 0 Å². The average Bonchev–Trinajstić information content (AvgIpc) is 2.64. The van der Waals surface area contributed by atoms with Crippen molar-refractivity contribution in [3.8, 4) is 0 Å². The monoisotopic (exact) mass is 225 g/mol. The van der Waals surface area contributed by atoms with E-state index in [1.54, 1.807) is 0 Å². The quantitative estimate of drug-likeness (QED) is 0.676. The molecule has 2 rings (SSSR count). The number of rotatable bonds is 0. The van der Waals surface area contributed by atoms with Gasteiger partial charge in [0.05, 0.1) is 11.4 Å². The van der Waals surface area contributed by atoms with Crippen molar-refractivity contribution >= 4 is 0 Å². The summed E-state index contributed by atoms with van der Waals surface area (Å²) in [6.45, 7) is 8.00. The predicted octanol–water partition coefficient (Wildman–Crippen LogP) is 3.53. The maximum absolute atomic E-state index is 4.17. The molecule has 1 heterocycles.